The molecule has 0 heterocycles. The van der Waals surface area contributed by atoms with Crippen molar-refractivity contribution in [3.8, 4) is 0 Å². The van der Waals surface area contributed by atoms with Gasteiger partial charge in [0.05, 0.1) is 11.7 Å². The highest BCUT2D eigenvalue weighted by Gasteiger charge is 2.30. The summed E-state index contributed by atoms with van der Waals surface area (Å²) in [4.78, 5) is 1.82. The van der Waals surface area contributed by atoms with Crippen LogP contribution in [0.1, 0.15) is 16.7 Å². The molecule has 0 aliphatic rings. The van der Waals surface area contributed by atoms with Crippen molar-refractivity contribution in [3.05, 3.63) is 71.3 Å². The predicted molar refractivity (Wildman–Crippen MR) is 83.9 cm³/mol. The van der Waals surface area contributed by atoms with Gasteiger partial charge in [0.2, 0.25) is 0 Å². The number of aliphatic hydroxyl groups is 1. The highest BCUT2D eigenvalue weighted by atomic mass is 19.4. The minimum atomic E-state index is -4.33. The van der Waals surface area contributed by atoms with Crippen LogP contribution in [0.25, 0.3) is 0 Å². The van der Waals surface area contributed by atoms with Gasteiger partial charge in [0.1, 0.15) is 0 Å². The number of nitrogens with zero attached hydrogens (tertiary/aromatic N) is 1. The van der Waals surface area contributed by atoms with E-state index in [0.29, 0.717) is 25.1 Å². The second-order valence-electron chi connectivity index (χ2n) is 5.74. The summed E-state index contributed by atoms with van der Waals surface area (Å²) >= 11 is 0. The molecule has 2 aromatic carbocycles. The van der Waals surface area contributed by atoms with Crippen molar-refractivity contribution in [2.75, 3.05) is 13.6 Å². The van der Waals surface area contributed by atoms with Gasteiger partial charge in [0.15, 0.2) is 0 Å². The molecule has 124 valence electrons. The topological polar surface area (TPSA) is 23.5 Å². The fraction of sp³-hybridized carbons (Fsp3) is 0.333. The Morgan fingerprint density at radius 2 is 1.65 bits per heavy atom. The Kier molecular flexibility index (Phi) is 5.80. The van der Waals surface area contributed by atoms with Gasteiger partial charge in [0, 0.05) is 13.1 Å². The van der Waals surface area contributed by atoms with Crippen molar-refractivity contribution in [1.82, 2.24) is 4.90 Å². The van der Waals surface area contributed by atoms with Gasteiger partial charge in [-0.3, -0.25) is 4.90 Å². The van der Waals surface area contributed by atoms with Crippen molar-refractivity contribution in [3.63, 3.8) is 0 Å². The van der Waals surface area contributed by atoms with Gasteiger partial charge in [-0.1, -0.05) is 48.5 Å². The summed E-state index contributed by atoms with van der Waals surface area (Å²) in [7, 11) is 1.79. The molecule has 0 radical (unpaired) electrons. The Labute approximate surface area is 134 Å². The summed E-state index contributed by atoms with van der Waals surface area (Å²) in [6, 6.07) is 14.9. The molecule has 0 aliphatic heterocycles. The lowest BCUT2D eigenvalue weighted by Gasteiger charge is -2.21. The Bertz CT molecular complexity index is 613. The molecule has 23 heavy (non-hydrogen) atoms. The summed E-state index contributed by atoms with van der Waals surface area (Å²) in [5, 5.41) is 10.1. The standard InChI is InChI=1S/C18H20F3NO/c1-22(13-17(23)11-14-6-3-2-4-7-14)12-15-8-5-9-16(10-15)18(19,20)21/h2-10,17,23H,11-13H2,1H3. The molecule has 0 saturated heterocycles. The first-order valence-corrected chi connectivity index (χ1v) is 7.41. The number of hydrogen-bond acceptors (Lipinski definition) is 2. The lowest BCUT2D eigenvalue weighted by Crippen LogP contribution is -2.30. The summed E-state index contributed by atoms with van der Waals surface area (Å²) in [5.41, 5.74) is 0.968. The maximum atomic E-state index is 12.7. The molecule has 0 aliphatic carbocycles. The molecule has 0 bridgehead atoms. The normalized spacial score (nSPS) is 13.3. The van der Waals surface area contributed by atoms with Crippen LogP contribution in [0, 0.1) is 0 Å². The Morgan fingerprint density at radius 3 is 2.30 bits per heavy atom. The van der Waals surface area contributed by atoms with Gasteiger partial charge < -0.3 is 5.11 Å². The Morgan fingerprint density at radius 1 is 1.00 bits per heavy atom. The van der Waals surface area contributed by atoms with Crippen LogP contribution < -0.4 is 0 Å². The molecule has 5 heteroatoms. The summed E-state index contributed by atoms with van der Waals surface area (Å²) in [6.07, 6.45) is -4.37. The number of benzene rings is 2. The zero-order chi connectivity index (χ0) is 16.9. The first kappa shape index (κ1) is 17.5. The first-order valence-electron chi connectivity index (χ1n) is 7.41. The van der Waals surface area contributed by atoms with E-state index in [1.165, 1.54) is 6.07 Å². The molecular weight excluding hydrogens is 303 g/mol. The number of alkyl halides is 3. The number of aliphatic hydroxyl groups excluding tert-OH is 1. The maximum absolute atomic E-state index is 12.7. The van der Waals surface area contributed by atoms with E-state index in [9.17, 15) is 18.3 Å². The zero-order valence-corrected chi connectivity index (χ0v) is 12.9. The van der Waals surface area contributed by atoms with Crippen LogP contribution >= 0.6 is 0 Å². The Balaban J connectivity index is 1.90. The highest BCUT2D eigenvalue weighted by Crippen LogP contribution is 2.29. The molecule has 0 amide bonds. The van der Waals surface area contributed by atoms with Crippen LogP contribution in [-0.4, -0.2) is 29.7 Å². The minimum absolute atomic E-state index is 0.357. The van der Waals surface area contributed by atoms with Gasteiger partial charge in [-0.15, -0.1) is 0 Å². The predicted octanol–water partition coefficient (Wildman–Crippen LogP) is 3.74. The molecule has 0 aromatic heterocycles. The van der Waals surface area contributed by atoms with Crippen molar-refractivity contribution in [1.29, 1.82) is 0 Å². The average molecular weight is 323 g/mol. The Hall–Kier alpha value is -1.85. The van der Waals surface area contributed by atoms with Gasteiger partial charge in [-0.25, -0.2) is 0 Å². The summed E-state index contributed by atoms with van der Waals surface area (Å²) < 4.78 is 38.1. The van der Waals surface area contributed by atoms with Gasteiger partial charge in [-0.05, 0) is 30.7 Å². The van der Waals surface area contributed by atoms with E-state index in [1.54, 1.807) is 13.1 Å². The highest BCUT2D eigenvalue weighted by molar-refractivity contribution is 5.25. The van der Waals surface area contributed by atoms with E-state index in [1.807, 2.05) is 35.2 Å². The van der Waals surface area contributed by atoms with E-state index in [0.717, 1.165) is 17.7 Å². The van der Waals surface area contributed by atoms with Gasteiger partial charge in [-0.2, -0.15) is 13.2 Å². The third-order valence-corrected chi connectivity index (χ3v) is 3.54. The van der Waals surface area contributed by atoms with Crippen molar-refractivity contribution < 1.29 is 18.3 Å². The van der Waals surface area contributed by atoms with Crippen LogP contribution in [0.5, 0.6) is 0 Å². The molecule has 1 atom stereocenters. The molecule has 0 saturated carbocycles. The SMILES string of the molecule is CN(Cc1cccc(C(F)(F)F)c1)CC(O)Cc1ccccc1. The molecule has 2 rings (SSSR count). The van der Waals surface area contributed by atoms with Crippen LogP contribution in [0.15, 0.2) is 54.6 Å². The lowest BCUT2D eigenvalue weighted by molar-refractivity contribution is -0.137. The molecular formula is C18H20F3NO. The van der Waals surface area contributed by atoms with Crippen LogP contribution in [0.3, 0.4) is 0 Å². The van der Waals surface area contributed by atoms with Crippen molar-refractivity contribution in [2.24, 2.45) is 0 Å². The summed E-state index contributed by atoms with van der Waals surface area (Å²) in [5.74, 6) is 0. The minimum Gasteiger partial charge on any atom is -0.391 e. The number of likely N-dealkylation sites (N-methyl/N-ethyl adjacent to an activating group) is 1. The second kappa shape index (κ2) is 7.62. The van der Waals surface area contributed by atoms with Gasteiger partial charge in [0.25, 0.3) is 0 Å². The van der Waals surface area contributed by atoms with E-state index in [2.05, 4.69) is 0 Å². The van der Waals surface area contributed by atoms with Gasteiger partial charge >= 0.3 is 6.18 Å². The summed E-state index contributed by atoms with van der Waals surface area (Å²) in [6.45, 7) is 0.751. The van der Waals surface area contributed by atoms with E-state index >= 15 is 0 Å². The number of rotatable bonds is 6. The maximum Gasteiger partial charge on any atom is 0.416 e. The molecule has 0 fully saturated rings. The number of hydrogen-bond donors (Lipinski definition) is 1. The first-order chi connectivity index (χ1) is 10.8. The van der Waals surface area contributed by atoms with E-state index in [-0.39, 0.29) is 0 Å². The monoisotopic (exact) mass is 323 g/mol. The smallest absolute Gasteiger partial charge is 0.391 e. The quantitative estimate of drug-likeness (QED) is 0.875. The lowest BCUT2D eigenvalue weighted by atomic mass is 10.1. The third kappa shape index (κ3) is 5.69. The fourth-order valence-electron chi connectivity index (χ4n) is 2.53. The molecule has 2 nitrogen and oxygen atoms in total. The molecule has 1 N–H and O–H groups in total. The zero-order valence-electron chi connectivity index (χ0n) is 12.9. The molecule has 1 unspecified atom stereocenters. The van der Waals surface area contributed by atoms with Crippen LogP contribution in [0.2, 0.25) is 0 Å². The van der Waals surface area contributed by atoms with E-state index < -0.39 is 17.8 Å². The van der Waals surface area contributed by atoms with Crippen molar-refractivity contribution >= 4 is 0 Å². The largest absolute Gasteiger partial charge is 0.416 e. The third-order valence-electron chi connectivity index (χ3n) is 3.54. The van der Waals surface area contributed by atoms with E-state index in [4.69, 9.17) is 0 Å². The van der Waals surface area contributed by atoms with Crippen molar-refractivity contribution in [2.45, 2.75) is 25.2 Å². The number of halogens is 3. The van der Waals surface area contributed by atoms with Crippen LogP contribution in [0.4, 0.5) is 13.2 Å². The van der Waals surface area contributed by atoms with Crippen LogP contribution in [-0.2, 0) is 19.1 Å². The average Bonchev–Trinajstić information content (AvgIpc) is 2.47. The fourth-order valence-corrected chi connectivity index (χ4v) is 2.53. The molecule has 0 spiro atoms. The molecule has 2 aromatic rings. The second-order valence-corrected chi connectivity index (χ2v) is 5.74.